The molecule has 1 saturated carbocycles. The summed E-state index contributed by atoms with van der Waals surface area (Å²) in [6.07, 6.45) is 1.53. The Morgan fingerprint density at radius 2 is 1.74 bits per heavy atom. The zero-order valence-electron chi connectivity index (χ0n) is 15.9. The van der Waals surface area contributed by atoms with E-state index in [1.807, 2.05) is 48.5 Å². The minimum Gasteiger partial charge on any atom is -0.351 e. The number of hydrogen-bond acceptors (Lipinski definition) is 2. The lowest BCUT2D eigenvalue weighted by molar-refractivity contribution is -0.126. The van der Waals surface area contributed by atoms with Gasteiger partial charge in [0, 0.05) is 12.5 Å². The van der Waals surface area contributed by atoms with E-state index >= 15 is 0 Å². The molecule has 4 rings (SSSR count). The van der Waals surface area contributed by atoms with Crippen molar-refractivity contribution in [3.8, 4) is 0 Å². The number of carbonyl (C=O) groups excluding carboxylic acids is 1. The van der Waals surface area contributed by atoms with Crippen LogP contribution in [0.3, 0.4) is 0 Å². The summed E-state index contributed by atoms with van der Waals surface area (Å²) in [6.45, 7) is 4.90. The standard InChI is InChI=1S/C23H25N3O/c1-23(2)13-18-20(19(27)14-23)21(17-11-7-4-8-12-17)26-22(25-18)24-15-16-9-5-3-6-10-16/h3-12,18,20H,13-15H2,1-2H3,(H,24,25). The van der Waals surface area contributed by atoms with Crippen molar-refractivity contribution >= 4 is 17.5 Å². The average molecular weight is 359 g/mol. The van der Waals surface area contributed by atoms with E-state index < -0.39 is 0 Å². The largest absolute Gasteiger partial charge is 0.351 e. The van der Waals surface area contributed by atoms with Gasteiger partial charge >= 0.3 is 0 Å². The molecule has 1 heterocycles. The molecular formula is C23H25N3O. The number of aliphatic imine (C=N–C) groups is 2. The Hall–Kier alpha value is -2.75. The first kappa shape index (κ1) is 17.7. The number of nitrogens with one attached hydrogen (secondary N) is 1. The van der Waals surface area contributed by atoms with Gasteiger partial charge in [0.2, 0.25) is 5.96 Å². The van der Waals surface area contributed by atoms with Crippen LogP contribution in [0.1, 0.15) is 37.8 Å². The summed E-state index contributed by atoms with van der Waals surface area (Å²) in [5.74, 6) is 0.703. The van der Waals surface area contributed by atoms with Crippen LogP contribution in [-0.4, -0.2) is 23.5 Å². The molecular weight excluding hydrogens is 334 g/mol. The first-order valence-electron chi connectivity index (χ1n) is 9.53. The maximum Gasteiger partial charge on any atom is 0.218 e. The van der Waals surface area contributed by atoms with Crippen LogP contribution in [0.25, 0.3) is 0 Å². The second-order valence-electron chi connectivity index (χ2n) is 8.23. The fourth-order valence-electron chi connectivity index (χ4n) is 4.13. The highest BCUT2D eigenvalue weighted by atomic mass is 16.1. The second-order valence-corrected chi connectivity index (χ2v) is 8.23. The molecule has 0 bridgehead atoms. The van der Waals surface area contributed by atoms with Crippen molar-refractivity contribution in [3.63, 3.8) is 0 Å². The quantitative estimate of drug-likeness (QED) is 0.900. The lowest BCUT2D eigenvalue weighted by Gasteiger charge is -2.42. The number of benzene rings is 2. The van der Waals surface area contributed by atoms with Crippen molar-refractivity contribution < 1.29 is 4.79 Å². The molecule has 1 aliphatic carbocycles. The van der Waals surface area contributed by atoms with Crippen molar-refractivity contribution in [1.29, 1.82) is 0 Å². The molecule has 2 unspecified atom stereocenters. The third-order valence-corrected chi connectivity index (χ3v) is 5.33. The minimum absolute atomic E-state index is 0.00503. The van der Waals surface area contributed by atoms with Gasteiger partial charge in [0.25, 0.3) is 0 Å². The molecule has 1 aliphatic heterocycles. The fourth-order valence-corrected chi connectivity index (χ4v) is 4.13. The first-order valence-corrected chi connectivity index (χ1v) is 9.53. The number of nitrogens with zero attached hydrogens (tertiary/aromatic N) is 2. The molecule has 138 valence electrons. The van der Waals surface area contributed by atoms with Gasteiger partial charge in [-0.05, 0) is 23.0 Å². The van der Waals surface area contributed by atoms with Crippen LogP contribution >= 0.6 is 0 Å². The molecule has 2 aliphatic rings. The van der Waals surface area contributed by atoms with E-state index in [2.05, 4.69) is 31.3 Å². The van der Waals surface area contributed by atoms with E-state index in [0.29, 0.717) is 18.9 Å². The zero-order chi connectivity index (χ0) is 18.9. The van der Waals surface area contributed by atoms with Crippen LogP contribution in [0.5, 0.6) is 0 Å². The number of fused-ring (bicyclic) bond motifs is 1. The van der Waals surface area contributed by atoms with E-state index in [1.165, 1.54) is 0 Å². The molecule has 4 nitrogen and oxygen atoms in total. The second kappa shape index (κ2) is 7.10. The Bertz CT molecular complexity index is 884. The van der Waals surface area contributed by atoms with Crippen LogP contribution in [0.2, 0.25) is 0 Å². The molecule has 0 spiro atoms. The van der Waals surface area contributed by atoms with E-state index in [0.717, 1.165) is 23.3 Å². The number of ketones is 1. The van der Waals surface area contributed by atoms with E-state index in [4.69, 9.17) is 9.98 Å². The summed E-state index contributed by atoms with van der Waals surface area (Å²) in [7, 11) is 0. The van der Waals surface area contributed by atoms with E-state index in [9.17, 15) is 4.79 Å². The van der Waals surface area contributed by atoms with E-state index in [1.54, 1.807) is 0 Å². The van der Waals surface area contributed by atoms with Crippen LogP contribution in [0.15, 0.2) is 70.6 Å². The molecule has 2 aromatic carbocycles. The predicted molar refractivity (Wildman–Crippen MR) is 109 cm³/mol. The van der Waals surface area contributed by atoms with Crippen molar-refractivity contribution in [2.24, 2.45) is 21.3 Å². The molecule has 0 saturated heterocycles. The SMILES string of the molecule is CC1(C)CC(=O)C2C(c3ccccc3)=NC(=NCc3ccccc3)NC2C1. The summed E-state index contributed by atoms with van der Waals surface area (Å²) >= 11 is 0. The molecule has 27 heavy (non-hydrogen) atoms. The van der Waals surface area contributed by atoms with Gasteiger partial charge in [-0.25, -0.2) is 9.98 Å². The van der Waals surface area contributed by atoms with Gasteiger partial charge < -0.3 is 5.32 Å². The molecule has 2 aromatic rings. The molecule has 4 heteroatoms. The topological polar surface area (TPSA) is 53.8 Å². The van der Waals surface area contributed by atoms with Gasteiger partial charge in [-0.2, -0.15) is 0 Å². The molecule has 0 aromatic heterocycles. The first-order chi connectivity index (χ1) is 13.0. The van der Waals surface area contributed by atoms with Gasteiger partial charge in [-0.1, -0.05) is 74.5 Å². The molecule has 2 atom stereocenters. The summed E-state index contributed by atoms with van der Waals surface area (Å²) in [5, 5.41) is 3.45. The maximum absolute atomic E-state index is 13.0. The number of guanidine groups is 1. The highest BCUT2D eigenvalue weighted by molar-refractivity contribution is 6.19. The third kappa shape index (κ3) is 3.85. The summed E-state index contributed by atoms with van der Waals surface area (Å²) in [6, 6.07) is 20.2. The summed E-state index contributed by atoms with van der Waals surface area (Å²) < 4.78 is 0. The van der Waals surface area contributed by atoms with Gasteiger partial charge in [-0.15, -0.1) is 0 Å². The summed E-state index contributed by atoms with van der Waals surface area (Å²) in [4.78, 5) is 22.4. The van der Waals surface area contributed by atoms with Gasteiger partial charge in [0.1, 0.15) is 5.78 Å². The molecule has 0 amide bonds. The molecule has 1 fully saturated rings. The number of rotatable bonds is 3. The Labute approximate surface area is 160 Å². The van der Waals surface area contributed by atoms with Crippen LogP contribution < -0.4 is 5.32 Å². The average Bonchev–Trinajstić information content (AvgIpc) is 2.66. The Kier molecular flexibility index (Phi) is 4.65. The highest BCUT2D eigenvalue weighted by Crippen LogP contribution is 2.39. The Morgan fingerprint density at radius 1 is 1.07 bits per heavy atom. The van der Waals surface area contributed by atoms with Gasteiger partial charge in [0.05, 0.1) is 18.2 Å². The Morgan fingerprint density at radius 3 is 2.44 bits per heavy atom. The summed E-state index contributed by atoms with van der Waals surface area (Å²) in [5.41, 5.74) is 3.00. The third-order valence-electron chi connectivity index (χ3n) is 5.33. The lowest BCUT2D eigenvalue weighted by Crippen LogP contribution is -2.56. The van der Waals surface area contributed by atoms with Crippen LogP contribution in [0.4, 0.5) is 0 Å². The van der Waals surface area contributed by atoms with Crippen molar-refractivity contribution in [3.05, 3.63) is 71.8 Å². The number of hydrogen-bond donors (Lipinski definition) is 1. The van der Waals surface area contributed by atoms with Crippen LogP contribution in [0, 0.1) is 11.3 Å². The number of carbonyl (C=O) groups is 1. The normalized spacial score (nSPS) is 25.5. The maximum atomic E-state index is 13.0. The van der Waals surface area contributed by atoms with Crippen LogP contribution in [-0.2, 0) is 11.3 Å². The van der Waals surface area contributed by atoms with E-state index in [-0.39, 0.29) is 23.2 Å². The highest BCUT2D eigenvalue weighted by Gasteiger charge is 2.45. The lowest BCUT2D eigenvalue weighted by atomic mass is 9.67. The zero-order valence-corrected chi connectivity index (χ0v) is 15.9. The molecule has 0 radical (unpaired) electrons. The Balaban J connectivity index is 1.71. The fraction of sp³-hybridized carbons (Fsp3) is 0.348. The van der Waals surface area contributed by atoms with Gasteiger partial charge in [-0.3, -0.25) is 4.79 Å². The molecule has 1 N–H and O–H groups in total. The smallest absolute Gasteiger partial charge is 0.218 e. The van der Waals surface area contributed by atoms with Crippen molar-refractivity contribution in [2.75, 3.05) is 0 Å². The van der Waals surface area contributed by atoms with Crippen molar-refractivity contribution in [1.82, 2.24) is 5.32 Å². The monoisotopic (exact) mass is 359 g/mol. The predicted octanol–water partition coefficient (Wildman–Crippen LogP) is 4.01. The minimum atomic E-state index is -0.198. The van der Waals surface area contributed by atoms with Gasteiger partial charge in [0.15, 0.2) is 0 Å². The van der Waals surface area contributed by atoms with Crippen molar-refractivity contribution in [2.45, 2.75) is 39.3 Å². The number of Topliss-reactive ketones (excluding diaryl/α,β-unsaturated/α-hetero) is 1.